The molecule has 12 heteroatoms. The standard InChI is InChI=1S/C25H18ClF2NO3.C18H16ClFO3/c1-15-2-10-22(29(15)23-12-17(25(30)31)5-9-21(23)28)20-13-18(26)6-11-24(20)32-14-16-3-7-19(27)8-4-16;1-12(21)2-8-17(22)16-10-14(19)5-9-18(16)23-11-13-3-6-15(20)7-4-13/h2-13H,14H2,1H3,(H,30,31);3-7,9-10H,2,8,11H2,1H3. The molecule has 5 aromatic carbocycles. The Bertz CT molecular complexity index is 2330. The average molecular weight is 789 g/mol. The minimum atomic E-state index is -1.15. The van der Waals surface area contributed by atoms with E-state index < -0.39 is 11.8 Å². The van der Waals surface area contributed by atoms with Crippen molar-refractivity contribution < 1.29 is 42.1 Å². The van der Waals surface area contributed by atoms with Crippen molar-refractivity contribution in [2.24, 2.45) is 0 Å². The van der Waals surface area contributed by atoms with Gasteiger partial charge >= 0.3 is 5.97 Å². The molecule has 7 nitrogen and oxygen atoms in total. The van der Waals surface area contributed by atoms with E-state index in [0.29, 0.717) is 44.1 Å². The number of Topliss-reactive ketones (excluding diaryl/α,β-unsaturated/α-hetero) is 2. The summed E-state index contributed by atoms with van der Waals surface area (Å²) < 4.78 is 54.1. The summed E-state index contributed by atoms with van der Waals surface area (Å²) in [4.78, 5) is 34.7. The Morgan fingerprint density at radius 1 is 0.673 bits per heavy atom. The van der Waals surface area contributed by atoms with Gasteiger partial charge < -0.3 is 23.9 Å². The van der Waals surface area contributed by atoms with Gasteiger partial charge in [-0.25, -0.2) is 18.0 Å². The number of rotatable bonds is 13. The summed E-state index contributed by atoms with van der Waals surface area (Å²) in [5, 5.41) is 10.2. The molecule has 282 valence electrons. The SMILES string of the molecule is CC(=O)CCC(=O)c1cc(Cl)ccc1OCc1ccc(F)cc1.Cc1ccc(-c2cc(Cl)ccc2OCc2ccc(F)cc2)n1-c1cc(C(=O)O)ccc1F. The minimum absolute atomic E-state index is 0.0284. The molecule has 1 N–H and O–H groups in total. The number of ether oxygens (including phenoxy) is 2. The second-order valence-electron chi connectivity index (χ2n) is 12.4. The number of carbonyl (C=O) groups excluding carboxylic acids is 2. The lowest BCUT2D eigenvalue weighted by atomic mass is 10.0. The van der Waals surface area contributed by atoms with Gasteiger partial charge in [-0.05, 0) is 116 Å². The van der Waals surface area contributed by atoms with Crippen LogP contribution in [0.3, 0.4) is 0 Å². The summed E-state index contributed by atoms with van der Waals surface area (Å²) >= 11 is 12.2. The van der Waals surface area contributed by atoms with Gasteiger partial charge in [-0.2, -0.15) is 0 Å². The van der Waals surface area contributed by atoms with Crippen LogP contribution in [0.2, 0.25) is 10.0 Å². The van der Waals surface area contributed by atoms with Crippen LogP contribution in [0, 0.1) is 24.4 Å². The van der Waals surface area contributed by atoms with Gasteiger partial charge in [0.1, 0.15) is 47.9 Å². The summed E-state index contributed by atoms with van der Waals surface area (Å²) in [6.45, 7) is 3.63. The summed E-state index contributed by atoms with van der Waals surface area (Å²) in [5.41, 5.74) is 3.87. The normalized spacial score (nSPS) is 10.7. The zero-order chi connectivity index (χ0) is 39.6. The van der Waals surface area contributed by atoms with Crippen molar-refractivity contribution in [3.63, 3.8) is 0 Å². The van der Waals surface area contributed by atoms with E-state index >= 15 is 0 Å². The number of carboxylic acid groups (broad SMARTS) is 1. The lowest BCUT2D eigenvalue weighted by molar-refractivity contribution is -0.117. The van der Waals surface area contributed by atoms with Crippen LogP contribution in [0.4, 0.5) is 13.2 Å². The molecule has 0 unspecified atom stereocenters. The number of aromatic carboxylic acids is 1. The molecule has 0 saturated heterocycles. The fraction of sp³-hybridized carbons (Fsp3) is 0.140. The maximum Gasteiger partial charge on any atom is 0.335 e. The van der Waals surface area contributed by atoms with Gasteiger partial charge in [0.2, 0.25) is 0 Å². The molecule has 1 heterocycles. The Morgan fingerprint density at radius 2 is 1.24 bits per heavy atom. The number of nitrogens with zero attached hydrogens (tertiary/aromatic N) is 1. The second-order valence-corrected chi connectivity index (χ2v) is 13.3. The van der Waals surface area contributed by atoms with E-state index in [0.717, 1.165) is 17.2 Å². The first-order valence-electron chi connectivity index (χ1n) is 16.9. The number of halogens is 5. The molecule has 0 aliphatic heterocycles. The number of carboxylic acids is 1. The molecular formula is C43H34Cl2F3NO6. The van der Waals surface area contributed by atoms with Crippen molar-refractivity contribution in [2.45, 2.75) is 39.9 Å². The van der Waals surface area contributed by atoms with Crippen LogP contribution >= 0.6 is 23.2 Å². The highest BCUT2D eigenvalue weighted by Crippen LogP contribution is 2.37. The van der Waals surface area contributed by atoms with E-state index in [-0.39, 0.29) is 60.5 Å². The van der Waals surface area contributed by atoms with E-state index in [4.69, 9.17) is 32.7 Å². The first kappa shape index (κ1) is 40.3. The van der Waals surface area contributed by atoms with Crippen molar-refractivity contribution >= 4 is 40.7 Å². The fourth-order valence-electron chi connectivity index (χ4n) is 5.47. The third kappa shape index (κ3) is 10.9. The number of benzene rings is 5. The number of ketones is 2. The Morgan fingerprint density at radius 3 is 1.82 bits per heavy atom. The van der Waals surface area contributed by atoms with Crippen LogP contribution in [0.25, 0.3) is 16.9 Å². The van der Waals surface area contributed by atoms with Crippen molar-refractivity contribution in [1.29, 1.82) is 0 Å². The third-order valence-electron chi connectivity index (χ3n) is 8.29. The highest BCUT2D eigenvalue weighted by molar-refractivity contribution is 6.31. The summed E-state index contributed by atoms with van der Waals surface area (Å²) in [7, 11) is 0. The predicted octanol–water partition coefficient (Wildman–Crippen LogP) is 11.3. The Labute approximate surface area is 325 Å². The van der Waals surface area contributed by atoms with E-state index in [9.17, 15) is 32.7 Å². The summed E-state index contributed by atoms with van der Waals surface area (Å²) in [6, 6.07) is 29.0. The Balaban J connectivity index is 0.000000223. The summed E-state index contributed by atoms with van der Waals surface area (Å²) in [6.07, 6.45) is 0.297. The fourth-order valence-corrected chi connectivity index (χ4v) is 5.81. The largest absolute Gasteiger partial charge is 0.488 e. The molecule has 0 aliphatic rings. The number of hydrogen-bond donors (Lipinski definition) is 1. The predicted molar refractivity (Wildman–Crippen MR) is 205 cm³/mol. The highest BCUT2D eigenvalue weighted by Gasteiger charge is 2.19. The first-order valence-corrected chi connectivity index (χ1v) is 17.6. The van der Waals surface area contributed by atoms with Crippen LogP contribution < -0.4 is 9.47 Å². The smallest absolute Gasteiger partial charge is 0.335 e. The molecule has 0 aliphatic carbocycles. The van der Waals surface area contributed by atoms with Crippen LogP contribution in [-0.2, 0) is 18.0 Å². The van der Waals surface area contributed by atoms with Gasteiger partial charge in [-0.1, -0.05) is 47.5 Å². The molecule has 0 bridgehead atoms. The monoisotopic (exact) mass is 787 g/mol. The van der Waals surface area contributed by atoms with Crippen LogP contribution in [-0.4, -0.2) is 27.2 Å². The molecule has 0 radical (unpaired) electrons. The van der Waals surface area contributed by atoms with Gasteiger partial charge in [0.25, 0.3) is 0 Å². The lowest BCUT2D eigenvalue weighted by Gasteiger charge is -2.17. The zero-order valence-electron chi connectivity index (χ0n) is 29.6. The third-order valence-corrected chi connectivity index (χ3v) is 8.76. The molecule has 0 saturated carbocycles. The zero-order valence-corrected chi connectivity index (χ0v) is 31.1. The molecule has 1 aromatic heterocycles. The Hall–Kier alpha value is -5.84. The second kappa shape index (κ2) is 18.5. The molecular weight excluding hydrogens is 754 g/mol. The minimum Gasteiger partial charge on any atom is -0.488 e. The van der Waals surface area contributed by atoms with Crippen molar-refractivity contribution in [3.8, 4) is 28.4 Å². The van der Waals surface area contributed by atoms with E-state index in [1.165, 1.54) is 49.4 Å². The molecule has 0 amide bonds. The van der Waals surface area contributed by atoms with Gasteiger partial charge in [0, 0.05) is 34.1 Å². The molecule has 6 rings (SSSR count). The first-order chi connectivity index (χ1) is 26.3. The maximum absolute atomic E-state index is 14.8. The van der Waals surface area contributed by atoms with Gasteiger partial charge in [-0.15, -0.1) is 0 Å². The number of aromatic nitrogens is 1. The van der Waals surface area contributed by atoms with Crippen molar-refractivity contribution in [2.75, 3.05) is 0 Å². The van der Waals surface area contributed by atoms with Gasteiger partial charge in [0.15, 0.2) is 5.78 Å². The number of hydrogen-bond acceptors (Lipinski definition) is 5. The van der Waals surface area contributed by atoms with Crippen molar-refractivity contribution in [3.05, 3.63) is 171 Å². The van der Waals surface area contributed by atoms with Gasteiger partial charge in [0.05, 0.1) is 22.5 Å². The highest BCUT2D eigenvalue weighted by atomic mass is 35.5. The molecule has 0 atom stereocenters. The van der Waals surface area contributed by atoms with Gasteiger partial charge in [-0.3, -0.25) is 4.79 Å². The lowest BCUT2D eigenvalue weighted by Crippen LogP contribution is -2.06. The average Bonchev–Trinajstić information content (AvgIpc) is 3.54. The summed E-state index contributed by atoms with van der Waals surface area (Å²) in [5.74, 6) is -1.72. The van der Waals surface area contributed by atoms with Crippen molar-refractivity contribution in [1.82, 2.24) is 4.57 Å². The maximum atomic E-state index is 14.8. The van der Waals surface area contributed by atoms with E-state index in [1.807, 2.05) is 0 Å². The molecule has 55 heavy (non-hydrogen) atoms. The Kier molecular flexibility index (Phi) is 13.5. The molecule has 6 aromatic rings. The van der Waals surface area contributed by atoms with E-state index in [1.54, 1.807) is 78.2 Å². The number of aryl methyl sites for hydroxylation is 1. The molecule has 0 spiro atoms. The number of carbonyl (C=O) groups is 3. The topological polar surface area (TPSA) is 94.8 Å². The van der Waals surface area contributed by atoms with Crippen LogP contribution in [0.5, 0.6) is 11.5 Å². The molecule has 0 fully saturated rings. The van der Waals surface area contributed by atoms with E-state index in [2.05, 4.69) is 0 Å². The van der Waals surface area contributed by atoms with Crippen LogP contribution in [0.1, 0.15) is 57.3 Å². The quantitative estimate of drug-likeness (QED) is 0.117. The van der Waals surface area contributed by atoms with Crippen LogP contribution in [0.15, 0.2) is 115 Å².